The number of nitrogens with zero attached hydrogens (tertiary/aromatic N) is 1. The number of carbonyl (C=O) groups excluding carboxylic acids is 1. The second-order valence-corrected chi connectivity index (χ2v) is 3.86. The number of aromatic nitrogens is 1. The fraction of sp³-hybridized carbons (Fsp3) is 0.167. The number of anilines is 2. The van der Waals surface area contributed by atoms with Crippen LogP contribution in [0.1, 0.15) is 21.6 Å². The molecule has 5 heteroatoms. The summed E-state index contributed by atoms with van der Waals surface area (Å²) in [7, 11) is 0. The lowest BCUT2D eigenvalue weighted by molar-refractivity contribution is 0.101. The third-order valence-corrected chi connectivity index (χ3v) is 2.53. The summed E-state index contributed by atoms with van der Waals surface area (Å²) < 4.78 is 4.62. The SMILES string of the molecule is Cc1cc(NC(=O)c2ccon2)c(C)cc1N. The molecule has 1 amide bonds. The lowest BCUT2D eigenvalue weighted by Crippen LogP contribution is -2.13. The molecule has 1 heterocycles. The molecule has 2 aromatic rings. The van der Waals surface area contributed by atoms with Crippen LogP contribution in [-0.4, -0.2) is 11.1 Å². The Morgan fingerprint density at radius 2 is 2.12 bits per heavy atom. The van der Waals surface area contributed by atoms with Crippen LogP contribution >= 0.6 is 0 Å². The first-order valence-corrected chi connectivity index (χ1v) is 5.16. The Morgan fingerprint density at radius 1 is 1.35 bits per heavy atom. The predicted octanol–water partition coefficient (Wildman–Crippen LogP) is 2.13. The number of rotatable bonds is 2. The van der Waals surface area contributed by atoms with E-state index in [1.165, 1.54) is 12.3 Å². The molecule has 0 spiro atoms. The third-order valence-electron chi connectivity index (χ3n) is 2.53. The Labute approximate surface area is 98.6 Å². The molecule has 0 aliphatic heterocycles. The van der Waals surface area contributed by atoms with E-state index >= 15 is 0 Å². The molecular weight excluding hydrogens is 218 g/mol. The molecule has 3 N–H and O–H groups in total. The number of carbonyl (C=O) groups is 1. The molecular formula is C12H13N3O2. The van der Waals surface area contributed by atoms with Gasteiger partial charge < -0.3 is 15.6 Å². The second kappa shape index (κ2) is 4.29. The van der Waals surface area contributed by atoms with E-state index in [0.29, 0.717) is 5.69 Å². The van der Waals surface area contributed by atoms with Crippen LogP contribution in [0.25, 0.3) is 0 Å². The summed E-state index contributed by atoms with van der Waals surface area (Å²) in [5.74, 6) is -0.300. The number of benzene rings is 1. The van der Waals surface area contributed by atoms with Crippen molar-refractivity contribution in [2.24, 2.45) is 0 Å². The number of aryl methyl sites for hydroxylation is 2. The molecule has 1 aromatic carbocycles. The second-order valence-electron chi connectivity index (χ2n) is 3.86. The standard InChI is InChI=1S/C12H13N3O2/c1-7-6-11(8(2)5-9(7)13)14-12(16)10-3-4-17-15-10/h3-6H,13H2,1-2H3,(H,14,16). The average molecular weight is 231 g/mol. The Kier molecular flexibility index (Phi) is 2.82. The van der Waals surface area contributed by atoms with E-state index in [-0.39, 0.29) is 11.6 Å². The highest BCUT2D eigenvalue weighted by molar-refractivity contribution is 6.03. The minimum absolute atomic E-state index is 0.249. The first-order valence-electron chi connectivity index (χ1n) is 5.16. The summed E-state index contributed by atoms with van der Waals surface area (Å²) in [4.78, 5) is 11.8. The van der Waals surface area contributed by atoms with Crippen LogP contribution in [0.4, 0.5) is 11.4 Å². The maximum absolute atomic E-state index is 11.8. The number of nitrogens with two attached hydrogens (primary N) is 1. The normalized spacial score (nSPS) is 10.2. The van der Waals surface area contributed by atoms with Gasteiger partial charge in [0.05, 0.1) is 0 Å². The van der Waals surface area contributed by atoms with E-state index in [2.05, 4.69) is 15.0 Å². The number of nitrogens with one attached hydrogen (secondary N) is 1. The van der Waals surface area contributed by atoms with Gasteiger partial charge >= 0.3 is 0 Å². The van der Waals surface area contributed by atoms with Crippen LogP contribution in [0.15, 0.2) is 29.0 Å². The van der Waals surface area contributed by atoms with Gasteiger partial charge in [-0.2, -0.15) is 0 Å². The van der Waals surface area contributed by atoms with Gasteiger partial charge in [-0.3, -0.25) is 4.79 Å². The summed E-state index contributed by atoms with van der Waals surface area (Å²) >= 11 is 0. The minimum atomic E-state index is -0.300. The van der Waals surface area contributed by atoms with Crippen molar-refractivity contribution in [1.82, 2.24) is 5.16 Å². The summed E-state index contributed by atoms with van der Waals surface area (Å²) in [5.41, 5.74) is 9.29. The van der Waals surface area contributed by atoms with Gasteiger partial charge in [-0.15, -0.1) is 0 Å². The summed E-state index contributed by atoms with van der Waals surface area (Å²) in [5, 5.41) is 6.33. The Morgan fingerprint density at radius 3 is 2.76 bits per heavy atom. The quantitative estimate of drug-likeness (QED) is 0.776. The molecule has 0 aliphatic carbocycles. The van der Waals surface area contributed by atoms with Gasteiger partial charge in [-0.1, -0.05) is 5.16 Å². The Balaban J connectivity index is 2.25. The molecule has 5 nitrogen and oxygen atoms in total. The monoisotopic (exact) mass is 231 g/mol. The molecule has 1 aromatic heterocycles. The maximum Gasteiger partial charge on any atom is 0.277 e. The minimum Gasteiger partial charge on any atom is -0.399 e. The van der Waals surface area contributed by atoms with Crippen LogP contribution in [0, 0.1) is 13.8 Å². The highest BCUT2D eigenvalue weighted by atomic mass is 16.5. The van der Waals surface area contributed by atoms with E-state index in [1.807, 2.05) is 26.0 Å². The van der Waals surface area contributed by atoms with Crippen molar-refractivity contribution in [2.75, 3.05) is 11.1 Å². The molecule has 0 radical (unpaired) electrons. The first kappa shape index (κ1) is 11.2. The lowest BCUT2D eigenvalue weighted by atomic mass is 10.1. The molecule has 0 bridgehead atoms. The van der Waals surface area contributed by atoms with E-state index < -0.39 is 0 Å². The number of amides is 1. The van der Waals surface area contributed by atoms with Crippen molar-refractivity contribution in [1.29, 1.82) is 0 Å². The van der Waals surface area contributed by atoms with E-state index in [4.69, 9.17) is 5.73 Å². The van der Waals surface area contributed by atoms with E-state index in [1.54, 1.807) is 0 Å². The van der Waals surface area contributed by atoms with Crippen LogP contribution in [0.2, 0.25) is 0 Å². The summed E-state index contributed by atoms with van der Waals surface area (Å²) in [6.45, 7) is 3.77. The molecule has 0 saturated heterocycles. The van der Waals surface area contributed by atoms with E-state index in [0.717, 1.165) is 16.8 Å². The first-order chi connectivity index (χ1) is 8.08. The molecule has 0 aliphatic rings. The van der Waals surface area contributed by atoms with Crippen molar-refractivity contribution >= 4 is 17.3 Å². The van der Waals surface area contributed by atoms with Gasteiger partial charge in [0, 0.05) is 17.4 Å². The van der Waals surface area contributed by atoms with Crippen LogP contribution in [-0.2, 0) is 0 Å². The molecule has 0 saturated carbocycles. The number of hydrogen-bond acceptors (Lipinski definition) is 4. The summed E-state index contributed by atoms with van der Waals surface area (Å²) in [6, 6.07) is 5.17. The van der Waals surface area contributed by atoms with Crippen molar-refractivity contribution in [3.05, 3.63) is 41.3 Å². The van der Waals surface area contributed by atoms with Gasteiger partial charge in [0.2, 0.25) is 0 Å². The zero-order valence-electron chi connectivity index (χ0n) is 9.65. The zero-order valence-corrected chi connectivity index (χ0v) is 9.65. The van der Waals surface area contributed by atoms with Crippen LogP contribution in [0.5, 0.6) is 0 Å². The van der Waals surface area contributed by atoms with Crippen molar-refractivity contribution in [2.45, 2.75) is 13.8 Å². The van der Waals surface area contributed by atoms with E-state index in [9.17, 15) is 4.79 Å². The Bertz CT molecular complexity index is 547. The van der Waals surface area contributed by atoms with Crippen molar-refractivity contribution in [3.63, 3.8) is 0 Å². The fourth-order valence-corrected chi connectivity index (χ4v) is 1.49. The largest absolute Gasteiger partial charge is 0.399 e. The molecule has 17 heavy (non-hydrogen) atoms. The number of nitrogen functional groups attached to an aromatic ring is 1. The number of hydrogen-bond donors (Lipinski definition) is 2. The van der Waals surface area contributed by atoms with Crippen LogP contribution in [0.3, 0.4) is 0 Å². The van der Waals surface area contributed by atoms with Crippen molar-refractivity contribution in [3.8, 4) is 0 Å². The third kappa shape index (κ3) is 2.28. The molecule has 88 valence electrons. The predicted molar refractivity (Wildman–Crippen MR) is 64.8 cm³/mol. The van der Waals surface area contributed by atoms with Crippen LogP contribution < -0.4 is 11.1 Å². The lowest BCUT2D eigenvalue weighted by Gasteiger charge is -2.10. The van der Waals surface area contributed by atoms with Gasteiger partial charge in [-0.05, 0) is 37.1 Å². The average Bonchev–Trinajstić information content (AvgIpc) is 2.79. The van der Waals surface area contributed by atoms with Crippen molar-refractivity contribution < 1.29 is 9.32 Å². The molecule has 0 atom stereocenters. The van der Waals surface area contributed by atoms with Gasteiger partial charge in [-0.25, -0.2) is 0 Å². The summed E-state index contributed by atoms with van der Waals surface area (Å²) in [6.07, 6.45) is 1.36. The molecule has 0 unspecified atom stereocenters. The Hall–Kier alpha value is -2.30. The zero-order chi connectivity index (χ0) is 12.4. The maximum atomic E-state index is 11.8. The highest BCUT2D eigenvalue weighted by Crippen LogP contribution is 2.22. The fourth-order valence-electron chi connectivity index (χ4n) is 1.49. The molecule has 0 fully saturated rings. The van der Waals surface area contributed by atoms with Gasteiger partial charge in [0.25, 0.3) is 5.91 Å². The van der Waals surface area contributed by atoms with Gasteiger partial charge in [0.1, 0.15) is 6.26 Å². The van der Waals surface area contributed by atoms with Gasteiger partial charge in [0.15, 0.2) is 5.69 Å². The topological polar surface area (TPSA) is 81.2 Å². The smallest absolute Gasteiger partial charge is 0.277 e. The molecule has 2 rings (SSSR count). The highest BCUT2D eigenvalue weighted by Gasteiger charge is 2.11.